The molecule has 13 heavy (non-hydrogen) atoms. The maximum atomic E-state index is 11.0. The summed E-state index contributed by atoms with van der Waals surface area (Å²) < 4.78 is 5.31. The zero-order valence-corrected chi connectivity index (χ0v) is 8.71. The fourth-order valence-electron chi connectivity index (χ4n) is 1.85. The Labute approximate surface area is 80.7 Å². The molecule has 0 saturated carbocycles. The van der Waals surface area contributed by atoms with Crippen LogP contribution in [0, 0.1) is 5.92 Å². The number of carbonyl (C=O) groups excluding carboxylic acids is 1. The highest BCUT2D eigenvalue weighted by Crippen LogP contribution is 2.24. The van der Waals surface area contributed by atoms with Crippen LogP contribution in [0.3, 0.4) is 0 Å². The van der Waals surface area contributed by atoms with Crippen LogP contribution in [-0.2, 0) is 9.53 Å². The van der Waals surface area contributed by atoms with Gasteiger partial charge in [0, 0.05) is 6.42 Å². The normalized spacial score (nSPS) is 25.4. The van der Waals surface area contributed by atoms with Crippen molar-refractivity contribution in [2.75, 3.05) is 0 Å². The van der Waals surface area contributed by atoms with Crippen molar-refractivity contribution in [1.29, 1.82) is 0 Å². The molecule has 1 saturated heterocycles. The van der Waals surface area contributed by atoms with E-state index in [9.17, 15) is 4.79 Å². The van der Waals surface area contributed by atoms with E-state index in [1.54, 1.807) is 0 Å². The van der Waals surface area contributed by atoms with Crippen molar-refractivity contribution < 1.29 is 9.53 Å². The highest BCUT2D eigenvalue weighted by atomic mass is 16.5. The molecule has 1 fully saturated rings. The summed E-state index contributed by atoms with van der Waals surface area (Å²) in [4.78, 5) is 11.0. The molecule has 1 rings (SSSR count). The molecule has 2 heteroatoms. The molecule has 0 spiro atoms. The van der Waals surface area contributed by atoms with Gasteiger partial charge in [-0.05, 0) is 25.2 Å². The number of rotatable bonds is 4. The lowest BCUT2D eigenvalue weighted by atomic mass is 9.93. The number of carbonyl (C=O) groups is 1. The van der Waals surface area contributed by atoms with Gasteiger partial charge in [-0.2, -0.15) is 0 Å². The predicted molar refractivity (Wildman–Crippen MR) is 52.4 cm³/mol. The van der Waals surface area contributed by atoms with Gasteiger partial charge in [-0.3, -0.25) is 4.79 Å². The van der Waals surface area contributed by atoms with Crippen LogP contribution in [0.2, 0.25) is 0 Å². The van der Waals surface area contributed by atoms with Crippen molar-refractivity contribution in [3.05, 3.63) is 0 Å². The van der Waals surface area contributed by atoms with Crippen molar-refractivity contribution in [2.45, 2.75) is 58.5 Å². The van der Waals surface area contributed by atoms with Crippen LogP contribution in [0.15, 0.2) is 0 Å². The highest BCUT2D eigenvalue weighted by Gasteiger charge is 2.24. The van der Waals surface area contributed by atoms with Crippen LogP contribution in [0.4, 0.5) is 0 Å². The fraction of sp³-hybridized carbons (Fsp3) is 0.909. The largest absolute Gasteiger partial charge is 0.462 e. The highest BCUT2D eigenvalue weighted by molar-refractivity contribution is 5.70. The van der Waals surface area contributed by atoms with Gasteiger partial charge in [0.25, 0.3) is 0 Å². The first-order chi connectivity index (χ1) is 6.24. The zero-order valence-electron chi connectivity index (χ0n) is 8.71. The van der Waals surface area contributed by atoms with Gasteiger partial charge < -0.3 is 4.74 Å². The van der Waals surface area contributed by atoms with Crippen molar-refractivity contribution in [3.8, 4) is 0 Å². The Morgan fingerprint density at radius 1 is 1.62 bits per heavy atom. The molecule has 1 heterocycles. The predicted octanol–water partition coefficient (Wildman–Crippen LogP) is 2.91. The van der Waals surface area contributed by atoms with E-state index >= 15 is 0 Å². The lowest BCUT2D eigenvalue weighted by Crippen LogP contribution is -2.29. The second-order valence-electron chi connectivity index (χ2n) is 4.04. The molecule has 0 aliphatic carbocycles. The first-order valence-electron chi connectivity index (χ1n) is 5.43. The Hall–Kier alpha value is -0.530. The van der Waals surface area contributed by atoms with E-state index in [4.69, 9.17) is 4.74 Å². The van der Waals surface area contributed by atoms with Crippen molar-refractivity contribution >= 4 is 5.97 Å². The maximum absolute atomic E-state index is 11.0. The fourth-order valence-corrected chi connectivity index (χ4v) is 1.85. The molecule has 0 bridgehead atoms. The molecule has 0 amide bonds. The molecule has 0 aromatic heterocycles. The standard InChI is InChI=1S/C11H20O2/c1-3-4-6-9(2)10-7-5-8-11(12)13-10/h9-10H,3-8H2,1-2H3. The minimum atomic E-state index is -0.000372. The first-order valence-corrected chi connectivity index (χ1v) is 5.43. The van der Waals surface area contributed by atoms with Crippen LogP contribution in [0.1, 0.15) is 52.4 Å². The molecule has 0 aromatic rings. The quantitative estimate of drug-likeness (QED) is 0.628. The SMILES string of the molecule is CCCCC(C)C1CCCC(=O)O1. The number of hydrogen-bond donors (Lipinski definition) is 0. The average Bonchev–Trinajstić information content (AvgIpc) is 2.14. The smallest absolute Gasteiger partial charge is 0.306 e. The van der Waals surface area contributed by atoms with E-state index < -0.39 is 0 Å². The molecule has 2 nitrogen and oxygen atoms in total. The van der Waals surface area contributed by atoms with Gasteiger partial charge in [0.05, 0.1) is 0 Å². The molecule has 76 valence electrons. The number of cyclic esters (lactones) is 1. The summed E-state index contributed by atoms with van der Waals surface area (Å²) in [5, 5.41) is 0. The summed E-state index contributed by atoms with van der Waals surface area (Å²) in [6.45, 7) is 4.39. The van der Waals surface area contributed by atoms with Gasteiger partial charge in [-0.25, -0.2) is 0 Å². The van der Waals surface area contributed by atoms with Gasteiger partial charge in [-0.1, -0.05) is 26.7 Å². The third-order valence-electron chi connectivity index (χ3n) is 2.80. The summed E-state index contributed by atoms with van der Waals surface area (Å²) in [7, 11) is 0. The van der Waals surface area contributed by atoms with E-state index in [-0.39, 0.29) is 12.1 Å². The number of unbranched alkanes of at least 4 members (excludes halogenated alkanes) is 1. The molecule has 0 aromatic carbocycles. The summed E-state index contributed by atoms with van der Waals surface area (Å²) in [6, 6.07) is 0. The maximum Gasteiger partial charge on any atom is 0.306 e. The van der Waals surface area contributed by atoms with Gasteiger partial charge in [0.15, 0.2) is 0 Å². The molecular formula is C11H20O2. The second kappa shape index (κ2) is 5.25. The van der Waals surface area contributed by atoms with Gasteiger partial charge in [-0.15, -0.1) is 0 Å². The van der Waals surface area contributed by atoms with Crippen molar-refractivity contribution in [3.63, 3.8) is 0 Å². The van der Waals surface area contributed by atoms with E-state index in [0.717, 1.165) is 12.8 Å². The summed E-state index contributed by atoms with van der Waals surface area (Å²) in [5.74, 6) is 0.545. The van der Waals surface area contributed by atoms with E-state index in [1.807, 2.05) is 0 Å². The molecule has 2 unspecified atom stereocenters. The molecule has 1 aliphatic rings. The molecule has 0 radical (unpaired) electrons. The van der Waals surface area contributed by atoms with E-state index in [2.05, 4.69) is 13.8 Å². The molecule has 1 aliphatic heterocycles. The third kappa shape index (κ3) is 3.37. The Morgan fingerprint density at radius 3 is 3.00 bits per heavy atom. The minimum Gasteiger partial charge on any atom is -0.462 e. The van der Waals surface area contributed by atoms with Gasteiger partial charge >= 0.3 is 5.97 Å². The van der Waals surface area contributed by atoms with E-state index in [1.165, 1.54) is 19.3 Å². The number of ether oxygens (including phenoxy) is 1. The summed E-state index contributed by atoms with van der Waals surface area (Å²) >= 11 is 0. The first kappa shape index (κ1) is 10.6. The van der Waals surface area contributed by atoms with Crippen molar-refractivity contribution in [1.82, 2.24) is 0 Å². The number of esters is 1. The van der Waals surface area contributed by atoms with Crippen LogP contribution < -0.4 is 0 Å². The van der Waals surface area contributed by atoms with Gasteiger partial charge in [0.2, 0.25) is 0 Å². The number of hydrogen-bond acceptors (Lipinski definition) is 2. The molecule has 0 N–H and O–H groups in total. The average molecular weight is 184 g/mol. The Balaban J connectivity index is 2.28. The monoisotopic (exact) mass is 184 g/mol. The Kier molecular flexibility index (Phi) is 4.26. The minimum absolute atomic E-state index is 0.000372. The van der Waals surface area contributed by atoms with E-state index in [0.29, 0.717) is 12.3 Å². The topological polar surface area (TPSA) is 26.3 Å². The Morgan fingerprint density at radius 2 is 2.38 bits per heavy atom. The third-order valence-corrected chi connectivity index (χ3v) is 2.80. The van der Waals surface area contributed by atoms with Crippen LogP contribution in [0.5, 0.6) is 0 Å². The lowest BCUT2D eigenvalue weighted by molar-refractivity contribution is -0.156. The van der Waals surface area contributed by atoms with Gasteiger partial charge in [0.1, 0.15) is 6.10 Å². The Bertz CT molecular complexity index is 165. The lowest BCUT2D eigenvalue weighted by Gasteiger charge is -2.27. The molecular weight excluding hydrogens is 164 g/mol. The van der Waals surface area contributed by atoms with Crippen LogP contribution in [0.25, 0.3) is 0 Å². The molecule has 2 atom stereocenters. The van der Waals surface area contributed by atoms with Crippen molar-refractivity contribution in [2.24, 2.45) is 5.92 Å². The zero-order chi connectivity index (χ0) is 9.68. The summed E-state index contributed by atoms with van der Waals surface area (Å²) in [6.07, 6.45) is 6.57. The summed E-state index contributed by atoms with van der Waals surface area (Å²) in [5.41, 5.74) is 0. The van der Waals surface area contributed by atoms with Crippen LogP contribution in [-0.4, -0.2) is 12.1 Å². The second-order valence-corrected chi connectivity index (χ2v) is 4.04. The van der Waals surface area contributed by atoms with Crippen LogP contribution >= 0.6 is 0 Å².